The number of hydrogen-bond acceptors (Lipinski definition) is 2. The molecule has 2 rings (SSSR count). The summed E-state index contributed by atoms with van der Waals surface area (Å²) in [6, 6.07) is 0.261. The highest BCUT2D eigenvalue weighted by Gasteiger charge is 2.49. The van der Waals surface area contributed by atoms with Gasteiger partial charge in [0.15, 0.2) is 0 Å². The van der Waals surface area contributed by atoms with E-state index >= 15 is 0 Å². The SMILES string of the molecule is CC(C)(C)N1CC(N2CCC(C(F)(F)F)C2)CC1(C)C. The van der Waals surface area contributed by atoms with Gasteiger partial charge in [-0.3, -0.25) is 9.80 Å². The lowest BCUT2D eigenvalue weighted by Crippen LogP contribution is -2.50. The fraction of sp³-hybridized carbons (Fsp3) is 1.00. The minimum atomic E-state index is -4.04. The Labute approximate surface area is 120 Å². The Morgan fingerprint density at radius 3 is 2.05 bits per heavy atom. The van der Waals surface area contributed by atoms with Crippen molar-refractivity contribution in [3.8, 4) is 0 Å². The van der Waals surface area contributed by atoms with Crippen LogP contribution >= 0.6 is 0 Å². The second-order valence-corrected chi connectivity index (χ2v) is 7.97. The molecule has 2 atom stereocenters. The van der Waals surface area contributed by atoms with E-state index in [0.29, 0.717) is 6.54 Å². The highest BCUT2D eigenvalue weighted by Crippen LogP contribution is 2.40. The van der Waals surface area contributed by atoms with Crippen LogP contribution in [0.3, 0.4) is 0 Å². The van der Waals surface area contributed by atoms with Crippen LogP contribution in [0.1, 0.15) is 47.5 Å². The monoisotopic (exact) mass is 292 g/mol. The van der Waals surface area contributed by atoms with Crippen LogP contribution in [-0.2, 0) is 0 Å². The highest BCUT2D eigenvalue weighted by molar-refractivity contribution is 5.02. The van der Waals surface area contributed by atoms with Gasteiger partial charge in [0.1, 0.15) is 0 Å². The van der Waals surface area contributed by atoms with Crippen molar-refractivity contribution in [1.82, 2.24) is 9.80 Å². The van der Waals surface area contributed by atoms with Gasteiger partial charge in [-0.15, -0.1) is 0 Å². The zero-order valence-electron chi connectivity index (χ0n) is 13.2. The van der Waals surface area contributed by atoms with Crippen molar-refractivity contribution in [3.05, 3.63) is 0 Å². The third kappa shape index (κ3) is 3.14. The third-order valence-electron chi connectivity index (χ3n) is 4.87. The van der Waals surface area contributed by atoms with E-state index < -0.39 is 12.1 Å². The van der Waals surface area contributed by atoms with Crippen molar-refractivity contribution < 1.29 is 13.2 Å². The molecule has 0 aromatic heterocycles. The molecule has 0 aromatic carbocycles. The molecular formula is C15H27F3N2. The van der Waals surface area contributed by atoms with Crippen molar-refractivity contribution in [1.29, 1.82) is 0 Å². The molecule has 2 aliphatic rings. The van der Waals surface area contributed by atoms with Gasteiger partial charge >= 0.3 is 6.18 Å². The maximum Gasteiger partial charge on any atom is 0.393 e. The van der Waals surface area contributed by atoms with Crippen LogP contribution in [-0.4, -0.2) is 52.7 Å². The number of halogens is 3. The predicted molar refractivity (Wildman–Crippen MR) is 74.7 cm³/mol. The summed E-state index contributed by atoms with van der Waals surface area (Å²) in [6.45, 7) is 12.6. The number of hydrogen-bond donors (Lipinski definition) is 0. The summed E-state index contributed by atoms with van der Waals surface area (Å²) in [6.07, 6.45) is -2.82. The van der Waals surface area contributed by atoms with E-state index in [9.17, 15) is 13.2 Å². The minimum absolute atomic E-state index is 0.0548. The van der Waals surface area contributed by atoms with E-state index in [1.807, 2.05) is 0 Å². The average molecular weight is 292 g/mol. The lowest BCUT2D eigenvalue weighted by molar-refractivity contribution is -0.170. The Kier molecular flexibility index (Phi) is 3.92. The van der Waals surface area contributed by atoms with Gasteiger partial charge in [-0.2, -0.15) is 13.2 Å². The Morgan fingerprint density at radius 2 is 1.65 bits per heavy atom. The van der Waals surface area contributed by atoms with Crippen LogP contribution < -0.4 is 0 Å². The first kappa shape index (κ1) is 16.1. The quantitative estimate of drug-likeness (QED) is 0.729. The van der Waals surface area contributed by atoms with Gasteiger partial charge in [-0.1, -0.05) is 0 Å². The molecule has 0 amide bonds. The van der Waals surface area contributed by atoms with E-state index in [1.165, 1.54) is 0 Å². The molecule has 20 heavy (non-hydrogen) atoms. The van der Waals surface area contributed by atoms with Gasteiger partial charge < -0.3 is 0 Å². The molecule has 2 saturated heterocycles. The van der Waals surface area contributed by atoms with E-state index in [2.05, 4.69) is 44.4 Å². The fourth-order valence-corrected chi connectivity index (χ4v) is 4.02. The zero-order chi connectivity index (χ0) is 15.3. The van der Waals surface area contributed by atoms with Crippen molar-refractivity contribution >= 4 is 0 Å². The van der Waals surface area contributed by atoms with Crippen molar-refractivity contribution in [2.75, 3.05) is 19.6 Å². The van der Waals surface area contributed by atoms with Gasteiger partial charge in [-0.05, 0) is 54.0 Å². The highest BCUT2D eigenvalue weighted by atomic mass is 19.4. The molecule has 0 aliphatic carbocycles. The summed E-state index contributed by atoms with van der Waals surface area (Å²) < 4.78 is 38.4. The molecule has 5 heteroatoms. The molecule has 0 radical (unpaired) electrons. The number of rotatable bonds is 1. The van der Waals surface area contributed by atoms with Crippen LogP contribution in [0.5, 0.6) is 0 Å². The Bertz CT molecular complexity index is 357. The fourth-order valence-electron chi connectivity index (χ4n) is 4.02. The van der Waals surface area contributed by atoms with Crippen molar-refractivity contribution in [2.24, 2.45) is 5.92 Å². The number of alkyl halides is 3. The summed E-state index contributed by atoms with van der Waals surface area (Å²) in [7, 11) is 0. The molecule has 2 unspecified atom stereocenters. The molecule has 0 N–H and O–H groups in total. The van der Waals surface area contributed by atoms with Crippen LogP contribution in [0.2, 0.25) is 0 Å². The second kappa shape index (κ2) is 4.87. The summed E-state index contributed by atoms with van der Waals surface area (Å²) in [4.78, 5) is 4.50. The molecule has 0 aromatic rings. The van der Waals surface area contributed by atoms with Crippen molar-refractivity contribution in [3.63, 3.8) is 0 Å². The first-order valence-electron chi connectivity index (χ1n) is 7.50. The smallest absolute Gasteiger partial charge is 0.298 e. The van der Waals surface area contributed by atoms with Gasteiger partial charge in [0.2, 0.25) is 0 Å². The molecular weight excluding hydrogens is 265 g/mol. The number of likely N-dealkylation sites (tertiary alicyclic amines) is 2. The first-order chi connectivity index (χ1) is 8.91. The second-order valence-electron chi connectivity index (χ2n) is 7.97. The normalized spacial score (nSPS) is 33.0. The van der Waals surface area contributed by atoms with E-state index in [1.54, 1.807) is 0 Å². The largest absolute Gasteiger partial charge is 0.393 e. The van der Waals surface area contributed by atoms with Crippen LogP contribution in [0.4, 0.5) is 13.2 Å². The van der Waals surface area contributed by atoms with Crippen LogP contribution in [0.25, 0.3) is 0 Å². The van der Waals surface area contributed by atoms with Gasteiger partial charge in [0, 0.05) is 30.2 Å². The standard InChI is InChI=1S/C15H27F3N2/c1-13(2,3)20-10-12(8-14(20,4)5)19-7-6-11(9-19)15(16,17)18/h11-12H,6-10H2,1-5H3. The van der Waals surface area contributed by atoms with Crippen LogP contribution in [0.15, 0.2) is 0 Å². The molecule has 0 spiro atoms. The van der Waals surface area contributed by atoms with Gasteiger partial charge in [0.05, 0.1) is 5.92 Å². The lowest BCUT2D eigenvalue weighted by Gasteiger charge is -2.42. The van der Waals surface area contributed by atoms with E-state index in [4.69, 9.17) is 0 Å². The maximum atomic E-state index is 12.8. The average Bonchev–Trinajstić information content (AvgIpc) is 2.78. The van der Waals surface area contributed by atoms with Gasteiger partial charge in [0.25, 0.3) is 0 Å². The molecule has 0 saturated carbocycles. The number of nitrogens with zero attached hydrogens (tertiary/aromatic N) is 2. The lowest BCUT2D eigenvalue weighted by atomic mass is 9.95. The molecule has 2 fully saturated rings. The van der Waals surface area contributed by atoms with E-state index in [-0.39, 0.29) is 30.1 Å². The summed E-state index contributed by atoms with van der Waals surface area (Å²) >= 11 is 0. The molecule has 2 nitrogen and oxygen atoms in total. The third-order valence-corrected chi connectivity index (χ3v) is 4.87. The van der Waals surface area contributed by atoms with Crippen LogP contribution in [0, 0.1) is 5.92 Å². The summed E-state index contributed by atoms with van der Waals surface area (Å²) in [5.41, 5.74) is 0.112. The Morgan fingerprint density at radius 1 is 1.05 bits per heavy atom. The maximum absolute atomic E-state index is 12.8. The van der Waals surface area contributed by atoms with Gasteiger partial charge in [-0.25, -0.2) is 0 Å². The van der Waals surface area contributed by atoms with Crippen molar-refractivity contribution in [2.45, 2.75) is 70.8 Å². The topological polar surface area (TPSA) is 6.48 Å². The minimum Gasteiger partial charge on any atom is -0.298 e. The molecule has 0 bridgehead atoms. The van der Waals surface area contributed by atoms with E-state index in [0.717, 1.165) is 13.0 Å². The predicted octanol–water partition coefficient (Wildman–Crippen LogP) is 3.52. The Hall–Kier alpha value is -0.290. The summed E-state index contributed by atoms with van der Waals surface area (Å²) in [5.74, 6) is -1.13. The molecule has 2 aliphatic heterocycles. The molecule has 118 valence electrons. The molecule has 2 heterocycles. The zero-order valence-corrected chi connectivity index (χ0v) is 13.2. The summed E-state index contributed by atoms with van der Waals surface area (Å²) in [5, 5.41) is 0. The first-order valence-corrected chi connectivity index (χ1v) is 7.50. The Balaban J connectivity index is 2.03.